The summed E-state index contributed by atoms with van der Waals surface area (Å²) in [5.74, 6) is -4.69. The van der Waals surface area contributed by atoms with Gasteiger partial charge in [0.2, 0.25) is 17.7 Å². The van der Waals surface area contributed by atoms with Gasteiger partial charge in [-0.2, -0.15) is 0 Å². The lowest BCUT2D eigenvalue weighted by atomic mass is 9.55. The number of aliphatic imine (C=N–C) groups is 1. The zero-order valence-corrected chi connectivity index (χ0v) is 31.1. The van der Waals surface area contributed by atoms with E-state index in [0.29, 0.717) is 23.5 Å². The van der Waals surface area contributed by atoms with Crippen LogP contribution in [-0.2, 0) is 35.2 Å². The molecule has 298 valence electrons. The van der Waals surface area contributed by atoms with E-state index < -0.39 is 72.6 Å². The first kappa shape index (κ1) is 41.8. The number of guanidine groups is 1. The summed E-state index contributed by atoms with van der Waals surface area (Å²) in [7, 11) is 0. The Kier molecular flexibility index (Phi) is 14.3. The molecule has 0 aliphatic heterocycles. The number of nitrogens with one attached hydrogen (secondary N) is 4. The van der Waals surface area contributed by atoms with Crippen LogP contribution in [0, 0.1) is 23.2 Å². The number of carbonyl (C=O) groups excluding carboxylic acids is 4. The van der Waals surface area contributed by atoms with Crippen molar-refractivity contribution in [2.75, 3.05) is 19.7 Å². The van der Waals surface area contributed by atoms with Crippen molar-refractivity contribution in [1.29, 1.82) is 0 Å². The van der Waals surface area contributed by atoms with Crippen molar-refractivity contribution in [2.24, 2.45) is 39.6 Å². The van der Waals surface area contributed by atoms with Crippen molar-refractivity contribution < 1.29 is 48.8 Å². The van der Waals surface area contributed by atoms with Gasteiger partial charge in [0.05, 0.1) is 19.1 Å². The van der Waals surface area contributed by atoms with Gasteiger partial charge in [-0.3, -0.25) is 29.0 Å². The van der Waals surface area contributed by atoms with Crippen LogP contribution in [0.4, 0.5) is 0 Å². The van der Waals surface area contributed by atoms with Crippen molar-refractivity contribution in [1.82, 2.24) is 21.3 Å². The number of ether oxygens (including phenoxy) is 1. The van der Waals surface area contributed by atoms with Gasteiger partial charge < -0.3 is 52.8 Å². The van der Waals surface area contributed by atoms with Gasteiger partial charge in [-0.05, 0) is 104 Å². The third-order valence-electron chi connectivity index (χ3n) is 11.3. The maximum absolute atomic E-state index is 13.2. The summed E-state index contributed by atoms with van der Waals surface area (Å²) in [5.41, 5.74) is 13.3. The number of carbonyl (C=O) groups is 6. The Morgan fingerprint density at radius 2 is 1.69 bits per heavy atom. The number of hydrogen-bond donors (Lipinski definition) is 9. The van der Waals surface area contributed by atoms with E-state index in [1.807, 2.05) is 12.1 Å². The fourth-order valence-corrected chi connectivity index (χ4v) is 8.47. The number of hydrogen-bond acceptors (Lipinski definition) is 9. The topological polar surface area (TPSA) is 285 Å². The lowest BCUT2D eigenvalue weighted by Crippen LogP contribution is -2.55. The second-order valence-corrected chi connectivity index (χ2v) is 15.3. The number of aliphatic hydroxyl groups excluding tert-OH is 1. The Morgan fingerprint density at radius 1 is 0.963 bits per heavy atom. The number of amides is 4. The number of carboxylic acids is 2. The number of nitrogens with two attached hydrogens (primary N) is 2. The van der Waals surface area contributed by atoms with Crippen molar-refractivity contribution in [3.8, 4) is 5.75 Å². The van der Waals surface area contributed by atoms with Crippen LogP contribution >= 0.6 is 0 Å². The molecule has 2 saturated carbocycles. The van der Waals surface area contributed by atoms with E-state index in [2.05, 4.69) is 39.2 Å². The number of aliphatic carboxylic acids is 2. The quantitative estimate of drug-likeness (QED) is 0.0549. The van der Waals surface area contributed by atoms with Crippen LogP contribution in [0.2, 0.25) is 0 Å². The minimum Gasteiger partial charge on any atom is -0.484 e. The molecule has 17 nitrogen and oxygen atoms in total. The minimum atomic E-state index is -1.62. The molecule has 4 amide bonds. The maximum atomic E-state index is 13.2. The Labute approximate surface area is 314 Å². The highest BCUT2D eigenvalue weighted by Crippen LogP contribution is 2.60. The van der Waals surface area contributed by atoms with Crippen LogP contribution in [0.5, 0.6) is 5.75 Å². The summed E-state index contributed by atoms with van der Waals surface area (Å²) in [4.78, 5) is 78.4. The van der Waals surface area contributed by atoms with Gasteiger partial charge in [0, 0.05) is 6.54 Å². The molecule has 0 spiro atoms. The van der Waals surface area contributed by atoms with Crippen LogP contribution < -0.4 is 37.5 Å². The normalized spacial score (nSPS) is 24.3. The van der Waals surface area contributed by atoms with Crippen molar-refractivity contribution >= 4 is 41.5 Å². The number of aryl methyl sites for hydroxylation is 1. The van der Waals surface area contributed by atoms with E-state index in [1.165, 1.54) is 11.1 Å². The monoisotopic (exact) mass is 757 g/mol. The largest absolute Gasteiger partial charge is 0.484 e. The molecule has 0 bridgehead atoms. The highest BCUT2D eigenvalue weighted by atomic mass is 16.5. The number of fused-ring (bicyclic) bond motifs is 5. The van der Waals surface area contributed by atoms with E-state index in [9.17, 15) is 44.1 Å². The average molecular weight is 758 g/mol. The average Bonchev–Trinajstić information content (AvgIpc) is 3.42. The smallest absolute Gasteiger partial charge is 0.326 e. The summed E-state index contributed by atoms with van der Waals surface area (Å²) in [6, 6.07) is 1.83. The summed E-state index contributed by atoms with van der Waals surface area (Å²) in [5, 5.41) is 38.8. The molecule has 8 atom stereocenters. The number of nitrogens with zero attached hydrogens (tertiary/aromatic N) is 1. The van der Waals surface area contributed by atoms with Crippen LogP contribution in [0.15, 0.2) is 23.2 Å². The molecule has 11 N–H and O–H groups in total. The van der Waals surface area contributed by atoms with Gasteiger partial charge in [-0.25, -0.2) is 4.79 Å². The lowest BCUT2D eigenvalue weighted by molar-refractivity contribution is -0.144. The Bertz CT molecular complexity index is 1600. The minimum absolute atomic E-state index is 0.00745. The molecule has 1 aromatic carbocycles. The molecule has 54 heavy (non-hydrogen) atoms. The fourth-order valence-electron chi connectivity index (χ4n) is 8.47. The molecular formula is C37H55N7O10. The number of carboxylic acid groups (broad SMARTS) is 2. The molecule has 2 fully saturated rings. The zero-order valence-electron chi connectivity index (χ0n) is 31.1. The van der Waals surface area contributed by atoms with E-state index in [1.54, 1.807) is 13.8 Å². The molecule has 0 saturated heterocycles. The molecule has 3 aliphatic rings. The van der Waals surface area contributed by atoms with Crippen LogP contribution in [0.25, 0.3) is 0 Å². The van der Waals surface area contributed by atoms with Crippen molar-refractivity contribution in [2.45, 2.75) is 109 Å². The van der Waals surface area contributed by atoms with Gasteiger partial charge in [-0.1, -0.05) is 26.8 Å². The first-order chi connectivity index (χ1) is 25.5. The second-order valence-electron chi connectivity index (χ2n) is 15.3. The third-order valence-corrected chi connectivity index (χ3v) is 11.3. The predicted octanol–water partition coefficient (Wildman–Crippen LogP) is 0.122. The third kappa shape index (κ3) is 10.6. The van der Waals surface area contributed by atoms with E-state index in [0.717, 1.165) is 38.5 Å². The predicted molar refractivity (Wildman–Crippen MR) is 196 cm³/mol. The maximum Gasteiger partial charge on any atom is 0.326 e. The molecule has 17 heteroatoms. The van der Waals surface area contributed by atoms with Crippen molar-refractivity contribution in [3.63, 3.8) is 0 Å². The molecular weight excluding hydrogens is 702 g/mol. The van der Waals surface area contributed by atoms with Crippen LogP contribution in [-0.4, -0.2) is 101 Å². The highest BCUT2D eigenvalue weighted by Gasteiger charge is 2.54. The lowest BCUT2D eigenvalue weighted by Gasteiger charge is -2.50. The van der Waals surface area contributed by atoms with Gasteiger partial charge in [0.25, 0.3) is 5.91 Å². The molecule has 0 heterocycles. The zero-order chi connectivity index (χ0) is 39.7. The molecule has 3 aliphatic carbocycles. The Balaban J connectivity index is 1.33. The highest BCUT2D eigenvalue weighted by molar-refractivity contribution is 5.95. The number of benzene rings is 1. The van der Waals surface area contributed by atoms with E-state index >= 15 is 0 Å². The van der Waals surface area contributed by atoms with Crippen LogP contribution in [0.3, 0.4) is 0 Å². The van der Waals surface area contributed by atoms with Crippen molar-refractivity contribution in [3.05, 3.63) is 29.3 Å². The first-order valence-electron chi connectivity index (χ1n) is 18.6. The SMILES string of the molecule is CC(C)[C@H](NC(=O)[C@@H](CC(=O)O)NC(=O)CNC(=O)[C@H](CCCN=C(N)N)NC(=O)COc1ccc2c(c1)CC[C@@H]1[C@@H]2CC[C@]2(C)[C@@H](O)CC[C@@H]12)C(=O)O. The Hall–Kier alpha value is -4.93. The summed E-state index contributed by atoms with van der Waals surface area (Å²) < 4.78 is 5.84. The van der Waals surface area contributed by atoms with E-state index in [-0.39, 0.29) is 43.5 Å². The molecule has 0 unspecified atom stereocenters. The Morgan fingerprint density at radius 3 is 2.35 bits per heavy atom. The van der Waals surface area contributed by atoms with Gasteiger partial charge in [0.15, 0.2) is 12.6 Å². The number of rotatable bonds is 18. The molecule has 0 radical (unpaired) electrons. The summed E-state index contributed by atoms with van der Waals surface area (Å²) in [6.07, 6.45) is 5.19. The summed E-state index contributed by atoms with van der Waals surface area (Å²) in [6.45, 7) is 4.44. The first-order valence-corrected chi connectivity index (χ1v) is 18.6. The standard InChI is InChI=1S/C37H55N7O10/c1-19(2)32(35(52)53)44-34(51)27(16-31(48)49)43-29(46)17-41-33(50)26(5-4-14-40-36(38)39)42-30(47)18-54-21-7-9-22-20(15-21)6-8-24-23(22)12-13-37(3)25(24)10-11-28(37)45/h7,9,15,19,23-28,32,45H,4-6,8,10-14,16-18H2,1-3H3,(H,41,50)(H,42,47)(H,43,46)(H,44,51)(H,48,49)(H,52,53)(H4,38,39,40)/t23-,24-,25+,26+,27-,28+,32+,37+/m1/s1. The fraction of sp³-hybridized carbons (Fsp3) is 0.649. The molecule has 1 aromatic rings. The number of aliphatic hydroxyl groups is 1. The van der Waals surface area contributed by atoms with Gasteiger partial charge in [0.1, 0.15) is 23.9 Å². The second kappa shape index (κ2) is 18.4. The van der Waals surface area contributed by atoms with Gasteiger partial charge in [-0.15, -0.1) is 0 Å². The summed E-state index contributed by atoms with van der Waals surface area (Å²) >= 11 is 0. The van der Waals surface area contributed by atoms with E-state index in [4.69, 9.17) is 16.2 Å². The van der Waals surface area contributed by atoms with Crippen LogP contribution in [0.1, 0.15) is 89.2 Å². The molecule has 4 rings (SSSR count). The molecule has 0 aromatic heterocycles. The van der Waals surface area contributed by atoms with Gasteiger partial charge >= 0.3 is 11.9 Å².